The van der Waals surface area contributed by atoms with Crippen LogP contribution < -0.4 is 20.3 Å². The molecule has 2 atom stereocenters. The molecule has 0 saturated heterocycles. The van der Waals surface area contributed by atoms with E-state index in [1.807, 2.05) is 19.1 Å². The summed E-state index contributed by atoms with van der Waals surface area (Å²) in [7, 11) is -3.79. The Bertz CT molecular complexity index is 1230. The van der Waals surface area contributed by atoms with Gasteiger partial charge in [0.25, 0.3) is 5.56 Å². The average molecular weight is 470 g/mol. The van der Waals surface area contributed by atoms with Crippen LogP contribution in [0.5, 0.6) is 11.5 Å². The minimum absolute atomic E-state index is 0.369. The molecular formula is C23H23N2O7P. The molecule has 1 N–H and O–H groups in total. The van der Waals surface area contributed by atoms with E-state index in [1.54, 1.807) is 60.7 Å². The van der Waals surface area contributed by atoms with Gasteiger partial charge in [-0.15, -0.1) is 0 Å². The molecule has 9 nitrogen and oxygen atoms in total. The molecule has 0 fully saturated rings. The highest BCUT2D eigenvalue weighted by Crippen LogP contribution is 2.49. The summed E-state index contributed by atoms with van der Waals surface area (Å²) in [5.74, 6) is 0.737. The van der Waals surface area contributed by atoms with Crippen LogP contribution in [0, 0.1) is 0 Å². The summed E-state index contributed by atoms with van der Waals surface area (Å²) in [4.78, 5) is 26.3. The molecule has 0 unspecified atom stereocenters. The highest BCUT2D eigenvalue weighted by Gasteiger charge is 2.32. The number of nitrogens with zero attached hydrogens (tertiary/aromatic N) is 1. The number of benzene rings is 2. The van der Waals surface area contributed by atoms with Crippen molar-refractivity contribution in [3.8, 4) is 11.5 Å². The van der Waals surface area contributed by atoms with E-state index in [0.717, 1.165) is 0 Å². The average Bonchev–Trinajstić information content (AvgIpc) is 3.28. The SMILES string of the molecule is CCc1cn([C@H]2C=C[C@@H](OCP(=O)(Oc3ccccc3)Oc3ccccc3)O2)c(=O)[nH]c1=O. The third kappa shape index (κ3) is 5.70. The highest BCUT2D eigenvalue weighted by atomic mass is 31.2. The van der Waals surface area contributed by atoms with Gasteiger partial charge in [-0.3, -0.25) is 14.3 Å². The van der Waals surface area contributed by atoms with Gasteiger partial charge in [0.05, 0.1) is 0 Å². The fraction of sp³-hybridized carbons (Fsp3) is 0.217. The molecule has 2 heterocycles. The number of rotatable bonds is 9. The van der Waals surface area contributed by atoms with Crippen LogP contribution in [0.3, 0.4) is 0 Å². The quantitative estimate of drug-likeness (QED) is 0.374. The zero-order chi connectivity index (χ0) is 23.3. The first kappa shape index (κ1) is 22.8. The summed E-state index contributed by atoms with van der Waals surface area (Å²) in [5, 5.41) is 0. The first-order valence-electron chi connectivity index (χ1n) is 10.3. The number of nitrogens with one attached hydrogen (secondary N) is 1. The van der Waals surface area contributed by atoms with Gasteiger partial charge in [-0.1, -0.05) is 43.3 Å². The van der Waals surface area contributed by atoms with Gasteiger partial charge in [-0.05, 0) is 42.8 Å². The Balaban J connectivity index is 1.46. The van der Waals surface area contributed by atoms with Crippen molar-refractivity contribution in [2.45, 2.75) is 25.9 Å². The number of aromatic amines is 1. The Morgan fingerprint density at radius 3 is 2.15 bits per heavy atom. The van der Waals surface area contributed by atoms with Crippen LogP contribution in [0.15, 0.2) is 88.6 Å². The number of hydrogen-bond acceptors (Lipinski definition) is 7. The van der Waals surface area contributed by atoms with Crippen LogP contribution in [-0.2, 0) is 20.5 Å². The zero-order valence-corrected chi connectivity index (χ0v) is 18.7. The number of H-pyrrole nitrogens is 1. The molecule has 1 aromatic heterocycles. The summed E-state index contributed by atoms with van der Waals surface area (Å²) in [6.07, 6.45) is 3.04. The third-order valence-corrected chi connectivity index (χ3v) is 6.22. The first-order chi connectivity index (χ1) is 16.0. The Hall–Kier alpha value is -3.39. The largest absolute Gasteiger partial charge is 0.456 e. The third-order valence-electron chi connectivity index (χ3n) is 4.78. The monoisotopic (exact) mass is 470 g/mol. The van der Waals surface area contributed by atoms with Crippen molar-refractivity contribution in [2.75, 3.05) is 6.35 Å². The maximum atomic E-state index is 13.5. The summed E-state index contributed by atoms with van der Waals surface area (Å²) < 4.78 is 37.5. The van der Waals surface area contributed by atoms with E-state index >= 15 is 0 Å². The highest BCUT2D eigenvalue weighted by molar-refractivity contribution is 7.54. The number of ether oxygens (including phenoxy) is 2. The van der Waals surface area contributed by atoms with Crippen LogP contribution in [0.2, 0.25) is 0 Å². The van der Waals surface area contributed by atoms with Crippen LogP contribution in [0.4, 0.5) is 0 Å². The van der Waals surface area contributed by atoms with Gasteiger partial charge < -0.3 is 18.5 Å². The molecule has 4 rings (SSSR count). The smallest absolute Gasteiger partial charge is 0.415 e. The van der Waals surface area contributed by atoms with E-state index in [2.05, 4.69) is 4.98 Å². The Morgan fingerprint density at radius 2 is 1.58 bits per heavy atom. The van der Waals surface area contributed by atoms with E-state index in [-0.39, 0.29) is 0 Å². The van der Waals surface area contributed by atoms with E-state index in [1.165, 1.54) is 10.8 Å². The Kier molecular flexibility index (Phi) is 6.93. The summed E-state index contributed by atoms with van der Waals surface area (Å²) >= 11 is 0. The second-order valence-corrected chi connectivity index (χ2v) is 9.01. The molecule has 0 radical (unpaired) electrons. The molecule has 0 spiro atoms. The molecular weight excluding hydrogens is 447 g/mol. The van der Waals surface area contributed by atoms with Crippen molar-refractivity contribution in [3.05, 3.63) is 105 Å². The fourth-order valence-corrected chi connectivity index (χ4v) is 4.51. The standard InChI is InChI=1S/C23H23N2O7P/c1-2-17-15-25(23(27)24-22(17)26)20-13-14-21(30-20)29-16-33(28,31-18-9-5-3-6-10-18)32-19-11-7-4-8-12-19/h3-15,20-21H,2,16H2,1H3,(H,24,26,27)/t20-,21+/m1/s1. The molecule has 0 saturated carbocycles. The van der Waals surface area contributed by atoms with Gasteiger partial charge in [-0.25, -0.2) is 9.36 Å². The van der Waals surface area contributed by atoms with Crippen molar-refractivity contribution >= 4 is 7.60 Å². The van der Waals surface area contributed by atoms with Gasteiger partial charge >= 0.3 is 13.3 Å². The van der Waals surface area contributed by atoms with Gasteiger partial charge in [-0.2, -0.15) is 0 Å². The molecule has 2 aromatic carbocycles. The number of aryl methyl sites for hydroxylation is 1. The summed E-state index contributed by atoms with van der Waals surface area (Å²) in [6, 6.07) is 17.3. The van der Waals surface area contributed by atoms with Gasteiger partial charge in [0.2, 0.25) is 0 Å². The van der Waals surface area contributed by atoms with Crippen molar-refractivity contribution in [1.29, 1.82) is 0 Å². The minimum atomic E-state index is -3.79. The summed E-state index contributed by atoms with van der Waals surface area (Å²) in [6.45, 7) is 1.81. The fourth-order valence-electron chi connectivity index (χ4n) is 3.16. The van der Waals surface area contributed by atoms with Crippen molar-refractivity contribution < 1.29 is 23.1 Å². The predicted octanol–water partition coefficient (Wildman–Crippen LogP) is 3.84. The molecule has 0 bridgehead atoms. The lowest BCUT2D eigenvalue weighted by Crippen LogP contribution is -2.34. The predicted molar refractivity (Wildman–Crippen MR) is 121 cm³/mol. The molecule has 0 amide bonds. The van der Waals surface area contributed by atoms with Crippen LogP contribution in [0.25, 0.3) is 0 Å². The van der Waals surface area contributed by atoms with Gasteiger partial charge in [0, 0.05) is 11.8 Å². The van der Waals surface area contributed by atoms with Gasteiger partial charge in [0.15, 0.2) is 18.9 Å². The van der Waals surface area contributed by atoms with E-state index in [0.29, 0.717) is 23.5 Å². The number of aromatic nitrogens is 2. The molecule has 3 aromatic rings. The van der Waals surface area contributed by atoms with Gasteiger partial charge in [0.1, 0.15) is 11.5 Å². The lowest BCUT2D eigenvalue weighted by Gasteiger charge is -2.22. The van der Waals surface area contributed by atoms with E-state index < -0.39 is 37.7 Å². The molecule has 0 aliphatic carbocycles. The maximum absolute atomic E-state index is 13.5. The van der Waals surface area contributed by atoms with E-state index in [9.17, 15) is 14.2 Å². The Morgan fingerprint density at radius 1 is 0.970 bits per heavy atom. The first-order valence-corrected chi connectivity index (χ1v) is 12.1. The lowest BCUT2D eigenvalue weighted by molar-refractivity contribution is -0.127. The number of hydrogen-bond donors (Lipinski definition) is 1. The maximum Gasteiger partial charge on any atom is 0.456 e. The van der Waals surface area contributed by atoms with Crippen LogP contribution in [0.1, 0.15) is 18.7 Å². The second kappa shape index (κ2) is 10.0. The van der Waals surface area contributed by atoms with Crippen LogP contribution in [-0.4, -0.2) is 22.2 Å². The molecule has 1 aliphatic heterocycles. The molecule has 172 valence electrons. The number of para-hydroxylation sites is 2. The van der Waals surface area contributed by atoms with Crippen molar-refractivity contribution in [2.24, 2.45) is 0 Å². The molecule has 33 heavy (non-hydrogen) atoms. The summed E-state index contributed by atoms with van der Waals surface area (Å²) in [5.41, 5.74) is -0.573. The molecule has 10 heteroatoms. The lowest BCUT2D eigenvalue weighted by atomic mass is 10.2. The zero-order valence-electron chi connectivity index (χ0n) is 17.8. The van der Waals surface area contributed by atoms with Crippen molar-refractivity contribution in [3.63, 3.8) is 0 Å². The van der Waals surface area contributed by atoms with E-state index in [4.69, 9.17) is 18.5 Å². The van der Waals surface area contributed by atoms with Crippen molar-refractivity contribution in [1.82, 2.24) is 9.55 Å². The topological polar surface area (TPSA) is 109 Å². The minimum Gasteiger partial charge on any atom is -0.415 e. The Labute approximate surface area is 189 Å². The normalized spacial score (nSPS) is 17.7. The second-order valence-electron chi connectivity index (χ2n) is 7.17. The van der Waals surface area contributed by atoms with Crippen LogP contribution >= 0.6 is 7.60 Å². The molecule has 1 aliphatic rings.